The van der Waals surface area contributed by atoms with Gasteiger partial charge in [0.1, 0.15) is 11.8 Å². The van der Waals surface area contributed by atoms with E-state index in [4.69, 9.17) is 22.1 Å². The Labute approximate surface area is 122 Å². The summed E-state index contributed by atoms with van der Waals surface area (Å²) in [6.07, 6.45) is 3.23. The van der Waals surface area contributed by atoms with E-state index in [2.05, 4.69) is 11.1 Å². The van der Waals surface area contributed by atoms with Gasteiger partial charge in [0.25, 0.3) is 0 Å². The lowest BCUT2D eigenvalue weighted by atomic mass is 10.0. The minimum Gasteiger partial charge on any atom is -0.496 e. The second-order valence-electron chi connectivity index (χ2n) is 3.99. The van der Waals surface area contributed by atoms with Crippen LogP contribution in [0, 0.1) is 11.3 Å². The molecule has 20 heavy (non-hydrogen) atoms. The molecule has 1 aromatic carbocycles. The molecular weight excluding hydrogens is 274 g/mol. The summed E-state index contributed by atoms with van der Waals surface area (Å²) in [5, 5.41) is 9.89. The molecule has 0 unspecified atom stereocenters. The Bertz CT molecular complexity index is 690. The quantitative estimate of drug-likeness (QED) is 0.880. The highest BCUT2D eigenvalue weighted by atomic mass is 35.5. The van der Waals surface area contributed by atoms with E-state index < -0.39 is 0 Å². The Balaban J connectivity index is 2.61. The van der Waals surface area contributed by atoms with Crippen LogP contribution in [0.3, 0.4) is 0 Å². The largest absolute Gasteiger partial charge is 0.496 e. The predicted octanol–water partition coefficient (Wildman–Crippen LogP) is 3.09. The number of hydrogen-bond donors (Lipinski definition) is 1. The molecule has 4 nitrogen and oxygen atoms in total. The van der Waals surface area contributed by atoms with Crippen molar-refractivity contribution >= 4 is 22.9 Å². The summed E-state index contributed by atoms with van der Waals surface area (Å²) >= 11 is 5.92. The highest BCUT2D eigenvalue weighted by Crippen LogP contribution is 2.30. The fraction of sp³-hybridized carbons (Fsp3) is 0.0667. The van der Waals surface area contributed by atoms with Crippen LogP contribution in [-0.2, 0) is 0 Å². The Morgan fingerprint density at radius 2 is 2.20 bits per heavy atom. The van der Waals surface area contributed by atoms with Crippen molar-refractivity contribution in [3.8, 4) is 11.8 Å². The number of rotatable bonds is 3. The second-order valence-corrected chi connectivity index (χ2v) is 4.42. The number of pyridine rings is 1. The molecule has 2 rings (SSSR count). The lowest BCUT2D eigenvalue weighted by Crippen LogP contribution is -2.03. The van der Waals surface area contributed by atoms with Crippen LogP contribution in [0.4, 0.5) is 0 Å². The minimum absolute atomic E-state index is 0.328. The number of hydrogen-bond acceptors (Lipinski definition) is 4. The summed E-state index contributed by atoms with van der Waals surface area (Å²) in [5.41, 5.74) is 8.07. The van der Waals surface area contributed by atoms with E-state index >= 15 is 0 Å². The molecule has 0 radical (unpaired) electrons. The van der Waals surface area contributed by atoms with Crippen molar-refractivity contribution in [2.24, 2.45) is 5.73 Å². The number of benzene rings is 1. The third kappa shape index (κ3) is 2.73. The monoisotopic (exact) mass is 285 g/mol. The van der Waals surface area contributed by atoms with Crippen LogP contribution in [0.5, 0.6) is 5.75 Å². The SMILES string of the molecule is COc1cc(Cl)ccc1/C(N)=C(/C#N)c1cccnc1. The zero-order valence-electron chi connectivity index (χ0n) is 10.8. The number of allylic oxidation sites excluding steroid dienone is 1. The van der Waals surface area contributed by atoms with Crippen LogP contribution in [0.15, 0.2) is 42.7 Å². The van der Waals surface area contributed by atoms with Crippen LogP contribution in [0.2, 0.25) is 5.02 Å². The van der Waals surface area contributed by atoms with Crippen LogP contribution in [0.25, 0.3) is 11.3 Å². The number of halogens is 1. The Morgan fingerprint density at radius 3 is 2.80 bits per heavy atom. The van der Waals surface area contributed by atoms with Gasteiger partial charge in [-0.15, -0.1) is 0 Å². The zero-order chi connectivity index (χ0) is 14.5. The van der Waals surface area contributed by atoms with Crippen molar-refractivity contribution < 1.29 is 4.74 Å². The fourth-order valence-corrected chi connectivity index (χ4v) is 1.98. The fourth-order valence-electron chi connectivity index (χ4n) is 1.81. The molecule has 0 fully saturated rings. The highest BCUT2D eigenvalue weighted by Gasteiger charge is 2.13. The molecule has 2 aromatic rings. The summed E-state index contributed by atoms with van der Waals surface area (Å²) in [6.45, 7) is 0. The topological polar surface area (TPSA) is 71.9 Å². The first-order chi connectivity index (χ1) is 9.67. The van der Waals surface area contributed by atoms with Gasteiger partial charge in [-0.3, -0.25) is 4.98 Å². The molecule has 0 aliphatic rings. The van der Waals surface area contributed by atoms with E-state index in [9.17, 15) is 5.26 Å². The van der Waals surface area contributed by atoms with Crippen LogP contribution >= 0.6 is 11.6 Å². The van der Waals surface area contributed by atoms with Gasteiger partial charge in [0.05, 0.1) is 18.4 Å². The van der Waals surface area contributed by atoms with Gasteiger partial charge in [-0.2, -0.15) is 5.26 Å². The summed E-state index contributed by atoms with van der Waals surface area (Å²) < 4.78 is 5.25. The van der Waals surface area contributed by atoms with E-state index in [1.54, 1.807) is 42.7 Å². The Morgan fingerprint density at radius 1 is 1.40 bits per heavy atom. The standard InChI is InChI=1S/C15H12ClN3O/c1-20-14-7-11(16)4-5-12(14)15(18)13(8-17)10-3-2-6-19-9-10/h2-7,9H,18H2,1H3/b15-13+. The van der Waals surface area contributed by atoms with Crippen LogP contribution in [-0.4, -0.2) is 12.1 Å². The van der Waals surface area contributed by atoms with E-state index in [-0.39, 0.29) is 0 Å². The smallest absolute Gasteiger partial charge is 0.129 e. The summed E-state index contributed by atoms with van der Waals surface area (Å²) in [6, 6.07) is 10.7. The molecule has 0 bridgehead atoms. The number of aromatic nitrogens is 1. The first-order valence-electron chi connectivity index (χ1n) is 5.81. The molecule has 5 heteroatoms. The second kappa shape index (κ2) is 6.09. The lowest BCUT2D eigenvalue weighted by molar-refractivity contribution is 0.413. The summed E-state index contributed by atoms with van der Waals surface area (Å²) in [4.78, 5) is 3.99. The Hall–Kier alpha value is -2.51. The molecule has 1 aromatic heterocycles. The van der Waals surface area contributed by atoms with E-state index in [0.29, 0.717) is 33.2 Å². The first kappa shape index (κ1) is 13.9. The average molecular weight is 286 g/mol. The van der Waals surface area contributed by atoms with Crippen LogP contribution in [0.1, 0.15) is 11.1 Å². The van der Waals surface area contributed by atoms with E-state index in [0.717, 1.165) is 0 Å². The van der Waals surface area contributed by atoms with Crippen molar-refractivity contribution in [2.75, 3.05) is 7.11 Å². The summed E-state index contributed by atoms with van der Waals surface area (Å²) in [5.74, 6) is 0.520. The maximum Gasteiger partial charge on any atom is 0.129 e. The van der Waals surface area contributed by atoms with Gasteiger partial charge in [0.15, 0.2) is 0 Å². The molecule has 0 amide bonds. The van der Waals surface area contributed by atoms with Crippen molar-refractivity contribution in [3.05, 3.63) is 58.9 Å². The van der Waals surface area contributed by atoms with Gasteiger partial charge < -0.3 is 10.5 Å². The molecule has 0 aliphatic carbocycles. The van der Waals surface area contributed by atoms with Gasteiger partial charge in [-0.05, 0) is 24.3 Å². The van der Waals surface area contributed by atoms with Crippen LogP contribution < -0.4 is 10.5 Å². The maximum absolute atomic E-state index is 9.35. The van der Waals surface area contributed by atoms with Gasteiger partial charge in [-0.1, -0.05) is 17.7 Å². The first-order valence-corrected chi connectivity index (χ1v) is 6.19. The number of nitrogens with zero attached hydrogens (tertiary/aromatic N) is 2. The molecule has 0 spiro atoms. The summed E-state index contributed by atoms with van der Waals surface area (Å²) in [7, 11) is 1.53. The number of nitrogens with two attached hydrogens (primary N) is 1. The minimum atomic E-state index is 0.328. The molecule has 1 heterocycles. The molecule has 0 saturated heterocycles. The molecule has 0 aliphatic heterocycles. The highest BCUT2D eigenvalue weighted by molar-refractivity contribution is 6.30. The Kier molecular flexibility index (Phi) is 4.24. The molecule has 100 valence electrons. The number of nitriles is 1. The van der Waals surface area contributed by atoms with Crippen molar-refractivity contribution in [3.63, 3.8) is 0 Å². The van der Waals surface area contributed by atoms with Gasteiger partial charge in [-0.25, -0.2) is 0 Å². The van der Waals surface area contributed by atoms with Crippen molar-refractivity contribution in [1.82, 2.24) is 4.98 Å². The van der Waals surface area contributed by atoms with Gasteiger partial charge in [0.2, 0.25) is 0 Å². The van der Waals surface area contributed by atoms with E-state index in [1.165, 1.54) is 7.11 Å². The number of ether oxygens (including phenoxy) is 1. The van der Waals surface area contributed by atoms with Crippen molar-refractivity contribution in [1.29, 1.82) is 5.26 Å². The molecular formula is C15H12ClN3O. The third-order valence-corrected chi connectivity index (χ3v) is 3.02. The maximum atomic E-state index is 9.35. The van der Waals surface area contributed by atoms with Crippen molar-refractivity contribution in [2.45, 2.75) is 0 Å². The predicted molar refractivity (Wildman–Crippen MR) is 78.9 cm³/mol. The van der Waals surface area contributed by atoms with E-state index in [1.807, 2.05) is 0 Å². The van der Waals surface area contributed by atoms with Gasteiger partial charge >= 0.3 is 0 Å². The number of methoxy groups -OCH3 is 1. The molecule has 2 N–H and O–H groups in total. The average Bonchev–Trinajstić information content (AvgIpc) is 2.48. The molecule has 0 atom stereocenters. The zero-order valence-corrected chi connectivity index (χ0v) is 11.6. The third-order valence-electron chi connectivity index (χ3n) is 2.79. The normalized spacial score (nSPS) is 11.4. The molecule has 0 saturated carbocycles. The van der Waals surface area contributed by atoms with Gasteiger partial charge in [0, 0.05) is 28.5 Å². The lowest BCUT2D eigenvalue weighted by Gasteiger charge is -2.11.